The number of H-pyrrole nitrogens is 1. The molecule has 0 saturated heterocycles. The van der Waals surface area contributed by atoms with Gasteiger partial charge in [0.2, 0.25) is 0 Å². The van der Waals surface area contributed by atoms with Crippen molar-refractivity contribution >= 4 is 11.6 Å². The minimum atomic E-state index is -0.968. The summed E-state index contributed by atoms with van der Waals surface area (Å²) >= 11 is 0. The first-order chi connectivity index (χ1) is 8.85. The molecule has 1 heterocycles. The van der Waals surface area contributed by atoms with Crippen LogP contribution in [0.5, 0.6) is 0 Å². The average Bonchev–Trinajstić information content (AvgIpc) is 2.26. The third kappa shape index (κ3) is 2.34. The standard InChI is InChI=1S/C14H14N2O3/c1-14(2)5-10(17)12(11(18)6-14)8-3-4-16-13(19)9(8)7-15/h3-4,12H,5-6H2,1-2H3,(H,16,19). The molecule has 0 radical (unpaired) electrons. The molecule has 1 aromatic heterocycles. The summed E-state index contributed by atoms with van der Waals surface area (Å²) in [4.78, 5) is 38.2. The van der Waals surface area contributed by atoms with E-state index in [1.54, 1.807) is 6.07 Å². The van der Waals surface area contributed by atoms with Crippen LogP contribution in [0.4, 0.5) is 0 Å². The number of ketones is 2. The zero-order valence-corrected chi connectivity index (χ0v) is 10.8. The monoisotopic (exact) mass is 258 g/mol. The smallest absolute Gasteiger partial charge is 0.266 e. The quantitative estimate of drug-likeness (QED) is 0.768. The van der Waals surface area contributed by atoms with Crippen LogP contribution < -0.4 is 5.56 Å². The fourth-order valence-corrected chi connectivity index (χ4v) is 2.59. The van der Waals surface area contributed by atoms with Crippen LogP contribution in [0, 0.1) is 16.7 Å². The molecule has 2 rings (SSSR count). The summed E-state index contributed by atoms with van der Waals surface area (Å²) in [6.45, 7) is 3.73. The second kappa shape index (κ2) is 4.47. The highest BCUT2D eigenvalue weighted by Crippen LogP contribution is 2.38. The van der Waals surface area contributed by atoms with Crippen molar-refractivity contribution in [2.24, 2.45) is 5.41 Å². The first-order valence-electron chi connectivity index (χ1n) is 6.03. The summed E-state index contributed by atoms with van der Waals surface area (Å²) in [7, 11) is 0. The second-order valence-electron chi connectivity index (χ2n) is 5.63. The number of aromatic amines is 1. The Labute approximate surface area is 110 Å². The fraction of sp³-hybridized carbons (Fsp3) is 0.429. The van der Waals surface area contributed by atoms with E-state index in [1.165, 1.54) is 12.3 Å². The first-order valence-corrected chi connectivity index (χ1v) is 6.03. The van der Waals surface area contributed by atoms with E-state index in [1.807, 2.05) is 13.8 Å². The van der Waals surface area contributed by atoms with Crippen LogP contribution >= 0.6 is 0 Å². The Bertz CT molecular complexity index is 629. The van der Waals surface area contributed by atoms with Crippen molar-refractivity contribution in [2.75, 3.05) is 0 Å². The molecule has 1 aliphatic rings. The lowest BCUT2D eigenvalue weighted by Crippen LogP contribution is -2.37. The molecular weight excluding hydrogens is 244 g/mol. The molecule has 98 valence electrons. The van der Waals surface area contributed by atoms with Gasteiger partial charge in [-0.2, -0.15) is 5.26 Å². The van der Waals surface area contributed by atoms with Crippen molar-refractivity contribution in [2.45, 2.75) is 32.6 Å². The van der Waals surface area contributed by atoms with Gasteiger partial charge < -0.3 is 4.98 Å². The van der Waals surface area contributed by atoms with Gasteiger partial charge in [0, 0.05) is 19.0 Å². The van der Waals surface area contributed by atoms with Gasteiger partial charge in [-0.15, -0.1) is 0 Å². The number of hydrogen-bond acceptors (Lipinski definition) is 4. The topological polar surface area (TPSA) is 90.8 Å². The molecule has 1 aromatic rings. The lowest BCUT2D eigenvalue weighted by atomic mass is 9.69. The third-order valence-electron chi connectivity index (χ3n) is 3.37. The Morgan fingerprint density at radius 3 is 2.37 bits per heavy atom. The van der Waals surface area contributed by atoms with Gasteiger partial charge in [-0.25, -0.2) is 0 Å². The summed E-state index contributed by atoms with van der Waals surface area (Å²) in [6, 6.07) is 3.25. The van der Waals surface area contributed by atoms with Gasteiger partial charge in [-0.05, 0) is 17.0 Å². The Morgan fingerprint density at radius 2 is 1.84 bits per heavy atom. The van der Waals surface area contributed by atoms with Gasteiger partial charge in [0.25, 0.3) is 5.56 Å². The van der Waals surface area contributed by atoms with Crippen molar-refractivity contribution in [1.82, 2.24) is 4.98 Å². The number of pyridine rings is 1. The highest BCUT2D eigenvalue weighted by molar-refractivity contribution is 6.10. The van der Waals surface area contributed by atoms with E-state index in [9.17, 15) is 14.4 Å². The summed E-state index contributed by atoms with van der Waals surface area (Å²) in [5.74, 6) is -1.41. The normalized spacial score (nSPS) is 19.2. The highest BCUT2D eigenvalue weighted by atomic mass is 16.2. The fourth-order valence-electron chi connectivity index (χ4n) is 2.59. The molecule has 0 aromatic carbocycles. The Balaban J connectivity index is 2.52. The zero-order valence-electron chi connectivity index (χ0n) is 10.8. The van der Waals surface area contributed by atoms with E-state index < -0.39 is 11.5 Å². The summed E-state index contributed by atoms with van der Waals surface area (Å²) < 4.78 is 0. The molecule has 0 spiro atoms. The number of nitrogens with zero attached hydrogens (tertiary/aromatic N) is 1. The minimum Gasteiger partial charge on any atom is -0.328 e. The van der Waals surface area contributed by atoms with E-state index in [4.69, 9.17) is 5.26 Å². The van der Waals surface area contributed by atoms with Gasteiger partial charge in [-0.3, -0.25) is 14.4 Å². The van der Waals surface area contributed by atoms with Gasteiger partial charge >= 0.3 is 0 Å². The molecule has 1 N–H and O–H groups in total. The molecule has 5 heteroatoms. The lowest BCUT2D eigenvalue weighted by molar-refractivity contribution is -0.135. The second-order valence-corrected chi connectivity index (χ2v) is 5.63. The lowest BCUT2D eigenvalue weighted by Gasteiger charge is -2.32. The number of nitriles is 1. The molecule has 0 unspecified atom stereocenters. The van der Waals surface area contributed by atoms with E-state index in [-0.39, 0.29) is 41.0 Å². The molecule has 19 heavy (non-hydrogen) atoms. The van der Waals surface area contributed by atoms with Crippen molar-refractivity contribution in [3.63, 3.8) is 0 Å². The summed E-state index contributed by atoms with van der Waals surface area (Å²) in [6.07, 6.45) is 1.92. The van der Waals surface area contributed by atoms with E-state index in [0.29, 0.717) is 0 Å². The molecule has 5 nitrogen and oxygen atoms in total. The van der Waals surface area contributed by atoms with E-state index >= 15 is 0 Å². The van der Waals surface area contributed by atoms with Crippen molar-refractivity contribution in [1.29, 1.82) is 5.26 Å². The zero-order chi connectivity index (χ0) is 14.2. The number of rotatable bonds is 1. The molecule has 0 amide bonds. The van der Waals surface area contributed by atoms with Crippen molar-refractivity contribution < 1.29 is 9.59 Å². The predicted molar refractivity (Wildman–Crippen MR) is 67.5 cm³/mol. The van der Waals surface area contributed by atoms with Gasteiger partial charge in [0.15, 0.2) is 0 Å². The SMILES string of the molecule is CC1(C)CC(=O)C(c2cc[nH]c(=O)c2C#N)C(=O)C1. The van der Waals surface area contributed by atoms with Crippen molar-refractivity contribution in [3.8, 4) is 6.07 Å². The maximum atomic E-state index is 12.2. The van der Waals surface area contributed by atoms with E-state index in [2.05, 4.69) is 4.98 Å². The molecule has 1 aliphatic carbocycles. The largest absolute Gasteiger partial charge is 0.328 e. The van der Waals surface area contributed by atoms with Gasteiger partial charge in [0.1, 0.15) is 29.1 Å². The Kier molecular flexibility index (Phi) is 3.11. The van der Waals surface area contributed by atoms with Crippen LogP contribution in [0.3, 0.4) is 0 Å². The number of nitrogens with one attached hydrogen (secondary N) is 1. The molecule has 1 saturated carbocycles. The predicted octanol–water partition coefficient (Wildman–Crippen LogP) is 1.29. The van der Waals surface area contributed by atoms with Crippen LogP contribution in [-0.2, 0) is 9.59 Å². The van der Waals surface area contributed by atoms with Crippen LogP contribution in [0.2, 0.25) is 0 Å². The number of hydrogen-bond donors (Lipinski definition) is 1. The van der Waals surface area contributed by atoms with Crippen LogP contribution in [0.15, 0.2) is 17.1 Å². The highest BCUT2D eigenvalue weighted by Gasteiger charge is 2.41. The number of carbonyl (C=O) groups excluding carboxylic acids is 2. The van der Waals surface area contributed by atoms with Crippen LogP contribution in [-0.4, -0.2) is 16.6 Å². The molecular formula is C14H14N2O3. The molecule has 1 fully saturated rings. The van der Waals surface area contributed by atoms with Gasteiger partial charge in [0.05, 0.1) is 0 Å². The maximum Gasteiger partial charge on any atom is 0.266 e. The maximum absolute atomic E-state index is 12.2. The molecule has 0 bridgehead atoms. The summed E-state index contributed by atoms with van der Waals surface area (Å²) in [5.41, 5.74) is -0.824. The number of carbonyl (C=O) groups is 2. The summed E-state index contributed by atoms with van der Waals surface area (Å²) in [5, 5.41) is 9.01. The number of aromatic nitrogens is 1. The van der Waals surface area contributed by atoms with Crippen molar-refractivity contribution in [3.05, 3.63) is 33.7 Å². The Hall–Kier alpha value is -2.22. The molecule has 0 atom stereocenters. The molecule has 0 aliphatic heterocycles. The van der Waals surface area contributed by atoms with Crippen LogP contribution in [0.25, 0.3) is 0 Å². The number of Topliss-reactive ketones (excluding diaryl/α,β-unsaturated/α-hetero) is 2. The Morgan fingerprint density at radius 1 is 1.26 bits per heavy atom. The minimum absolute atomic E-state index is 0.145. The van der Waals surface area contributed by atoms with E-state index in [0.717, 1.165) is 0 Å². The average molecular weight is 258 g/mol. The van der Waals surface area contributed by atoms with Crippen LogP contribution in [0.1, 0.15) is 43.7 Å². The third-order valence-corrected chi connectivity index (χ3v) is 3.37. The van der Waals surface area contributed by atoms with Gasteiger partial charge in [-0.1, -0.05) is 13.8 Å². The first kappa shape index (κ1) is 13.2.